The highest BCUT2D eigenvalue weighted by atomic mass is 16.6. The van der Waals surface area contributed by atoms with Gasteiger partial charge in [-0.15, -0.1) is 0 Å². The Morgan fingerprint density at radius 2 is 2.00 bits per heavy atom. The molecular formula is C25H34N4O4. The van der Waals surface area contributed by atoms with Crippen LogP contribution in [0.4, 0.5) is 10.5 Å². The van der Waals surface area contributed by atoms with E-state index in [1.54, 1.807) is 33.9 Å². The van der Waals surface area contributed by atoms with E-state index in [0.717, 1.165) is 23.3 Å². The van der Waals surface area contributed by atoms with E-state index in [1.165, 1.54) is 0 Å². The summed E-state index contributed by atoms with van der Waals surface area (Å²) >= 11 is 0. The molecule has 0 spiro atoms. The van der Waals surface area contributed by atoms with Gasteiger partial charge in [-0.3, -0.25) is 15.1 Å². The first-order valence-electron chi connectivity index (χ1n) is 11.3. The molecule has 0 saturated carbocycles. The number of hydrogen-bond acceptors (Lipinski definition) is 6. The number of aliphatic imine (C=N–C) groups is 1. The van der Waals surface area contributed by atoms with Gasteiger partial charge in [-0.25, -0.2) is 4.79 Å². The highest BCUT2D eigenvalue weighted by Gasteiger charge is 2.34. The number of hydrogen-bond donors (Lipinski definition) is 3. The largest absolute Gasteiger partial charge is 0.497 e. The highest BCUT2D eigenvalue weighted by molar-refractivity contribution is 5.97. The Hall–Kier alpha value is -3.16. The zero-order chi connectivity index (χ0) is 24.3. The van der Waals surface area contributed by atoms with Crippen molar-refractivity contribution < 1.29 is 19.1 Å². The molecule has 2 aliphatic rings. The lowest BCUT2D eigenvalue weighted by Gasteiger charge is -2.21. The van der Waals surface area contributed by atoms with E-state index in [1.807, 2.05) is 25.3 Å². The number of carbonyl (C=O) groups excluding carboxylic acids is 2. The Bertz CT molecular complexity index is 1010. The van der Waals surface area contributed by atoms with Crippen molar-refractivity contribution >= 4 is 29.6 Å². The number of nitrogens with zero attached hydrogens (tertiary/aromatic N) is 1. The van der Waals surface area contributed by atoms with Crippen LogP contribution in [0.2, 0.25) is 0 Å². The zero-order valence-corrected chi connectivity index (χ0v) is 20.2. The summed E-state index contributed by atoms with van der Waals surface area (Å²) in [5.41, 5.74) is 2.82. The van der Waals surface area contributed by atoms with E-state index in [-0.39, 0.29) is 24.2 Å². The average molecular weight is 455 g/mol. The lowest BCUT2D eigenvalue weighted by Crippen LogP contribution is -2.40. The number of fused-ring (bicyclic) bond motifs is 1. The zero-order valence-electron chi connectivity index (χ0n) is 20.2. The molecule has 3 rings (SSSR count). The third-order valence-corrected chi connectivity index (χ3v) is 5.89. The van der Waals surface area contributed by atoms with Crippen molar-refractivity contribution in [1.29, 1.82) is 5.41 Å². The summed E-state index contributed by atoms with van der Waals surface area (Å²) in [4.78, 5) is 29.9. The molecule has 178 valence electrons. The van der Waals surface area contributed by atoms with Gasteiger partial charge in [0.15, 0.2) is 0 Å². The Kier molecular flexibility index (Phi) is 7.25. The van der Waals surface area contributed by atoms with E-state index in [4.69, 9.17) is 19.9 Å². The number of amides is 2. The maximum atomic E-state index is 12.8. The number of anilines is 1. The summed E-state index contributed by atoms with van der Waals surface area (Å²) < 4.78 is 10.8. The number of carbonyl (C=O) groups is 2. The predicted molar refractivity (Wildman–Crippen MR) is 129 cm³/mol. The quantitative estimate of drug-likeness (QED) is 0.606. The number of methoxy groups -OCH3 is 1. The highest BCUT2D eigenvalue weighted by Crippen LogP contribution is 2.38. The molecule has 2 aliphatic heterocycles. The lowest BCUT2D eigenvalue weighted by atomic mass is 9.87. The number of allylic oxidation sites excluding steroid dienone is 1. The maximum absolute atomic E-state index is 12.8. The number of rotatable bonds is 4. The van der Waals surface area contributed by atoms with Crippen LogP contribution in [0, 0.1) is 11.3 Å². The standard InChI is InChI=1S/C25H34N4O4/c1-7-15-8-20(26)23-22(27-13-15)14(2)19(12-21(30)29-23)16-9-17(11-18(10-16)32-6)28-24(31)33-25(3,4)5/h9-11,13,15,19,23,26H,7-8,12H2,1-6H3,(H,28,31)(H,29,30). The van der Waals surface area contributed by atoms with Crippen LogP contribution in [-0.4, -0.2) is 42.7 Å². The minimum absolute atomic E-state index is 0.140. The number of nitrogens with one attached hydrogen (secondary N) is 3. The summed E-state index contributed by atoms with van der Waals surface area (Å²) in [6.45, 7) is 9.43. The van der Waals surface area contributed by atoms with Crippen LogP contribution < -0.4 is 15.4 Å². The van der Waals surface area contributed by atoms with Gasteiger partial charge in [0.1, 0.15) is 17.4 Å². The van der Waals surface area contributed by atoms with Crippen molar-refractivity contribution in [2.75, 3.05) is 12.4 Å². The van der Waals surface area contributed by atoms with Crippen molar-refractivity contribution in [2.45, 2.75) is 71.4 Å². The molecule has 8 nitrogen and oxygen atoms in total. The molecule has 8 heteroatoms. The van der Waals surface area contributed by atoms with Gasteiger partial charge < -0.3 is 20.2 Å². The van der Waals surface area contributed by atoms with Gasteiger partial charge in [0.05, 0.1) is 12.8 Å². The first-order chi connectivity index (χ1) is 15.5. The Balaban J connectivity index is 2.02. The summed E-state index contributed by atoms with van der Waals surface area (Å²) in [6, 6.07) is 4.89. The minimum Gasteiger partial charge on any atom is -0.497 e. The normalized spacial score (nSPS) is 23.3. The fraction of sp³-hybridized carbons (Fsp3) is 0.520. The van der Waals surface area contributed by atoms with Crippen molar-refractivity contribution in [3.8, 4) is 5.75 Å². The van der Waals surface area contributed by atoms with Gasteiger partial charge in [-0.05, 0) is 69.7 Å². The third-order valence-electron chi connectivity index (χ3n) is 5.89. The first-order valence-corrected chi connectivity index (χ1v) is 11.3. The van der Waals surface area contributed by atoms with Crippen molar-refractivity contribution in [2.24, 2.45) is 10.9 Å². The molecule has 3 N–H and O–H groups in total. The molecule has 1 aromatic rings. The third kappa shape index (κ3) is 6.00. The molecule has 2 heterocycles. The molecule has 3 atom stereocenters. The molecule has 0 aliphatic carbocycles. The molecule has 2 amide bonds. The molecule has 33 heavy (non-hydrogen) atoms. The van der Waals surface area contributed by atoms with Crippen LogP contribution in [0.1, 0.15) is 65.4 Å². The fourth-order valence-electron chi connectivity index (χ4n) is 4.15. The number of ether oxygens (including phenoxy) is 2. The summed E-state index contributed by atoms with van der Waals surface area (Å²) in [7, 11) is 1.55. The monoisotopic (exact) mass is 454 g/mol. The second kappa shape index (κ2) is 9.77. The van der Waals surface area contributed by atoms with Crippen molar-refractivity contribution in [3.05, 3.63) is 35.0 Å². The van der Waals surface area contributed by atoms with E-state index in [0.29, 0.717) is 23.6 Å². The van der Waals surface area contributed by atoms with Crippen LogP contribution in [0.5, 0.6) is 5.75 Å². The summed E-state index contributed by atoms with van der Waals surface area (Å²) in [5, 5.41) is 14.3. The Labute approximate surface area is 195 Å². The van der Waals surface area contributed by atoms with Crippen LogP contribution in [0.15, 0.2) is 34.5 Å². The topological polar surface area (TPSA) is 113 Å². The second-order valence-corrected chi connectivity index (χ2v) is 9.62. The summed E-state index contributed by atoms with van der Waals surface area (Å²) in [5.74, 6) is 0.323. The molecule has 3 unspecified atom stereocenters. The fourth-order valence-corrected chi connectivity index (χ4v) is 4.15. The molecule has 0 aromatic heterocycles. The van der Waals surface area contributed by atoms with Crippen LogP contribution in [-0.2, 0) is 9.53 Å². The van der Waals surface area contributed by atoms with Crippen molar-refractivity contribution in [3.63, 3.8) is 0 Å². The SMILES string of the molecule is CCC1C=NC2=C(C)C(c3cc(NC(=O)OC(C)(C)C)cc(OC)c3)CC(=O)NC2C(=N)C1. The smallest absolute Gasteiger partial charge is 0.412 e. The molecule has 0 radical (unpaired) electrons. The van der Waals surface area contributed by atoms with E-state index >= 15 is 0 Å². The van der Waals surface area contributed by atoms with E-state index in [2.05, 4.69) is 17.6 Å². The Morgan fingerprint density at radius 1 is 1.27 bits per heavy atom. The van der Waals surface area contributed by atoms with Gasteiger partial charge in [0.25, 0.3) is 0 Å². The van der Waals surface area contributed by atoms with E-state index < -0.39 is 17.7 Å². The first kappa shape index (κ1) is 24.5. The molecule has 1 aromatic carbocycles. The average Bonchev–Trinajstić information content (AvgIpc) is 2.96. The van der Waals surface area contributed by atoms with Gasteiger partial charge in [0, 0.05) is 36.0 Å². The van der Waals surface area contributed by atoms with Gasteiger partial charge in [-0.1, -0.05) is 6.92 Å². The van der Waals surface area contributed by atoms with Gasteiger partial charge in [-0.2, -0.15) is 0 Å². The molecule has 0 fully saturated rings. The van der Waals surface area contributed by atoms with Crippen LogP contribution in [0.25, 0.3) is 0 Å². The predicted octanol–water partition coefficient (Wildman–Crippen LogP) is 4.81. The number of benzene rings is 1. The molecule has 0 saturated heterocycles. The van der Waals surface area contributed by atoms with E-state index in [9.17, 15) is 9.59 Å². The van der Waals surface area contributed by atoms with Crippen LogP contribution in [0.3, 0.4) is 0 Å². The van der Waals surface area contributed by atoms with Crippen molar-refractivity contribution in [1.82, 2.24) is 5.32 Å². The Morgan fingerprint density at radius 3 is 2.64 bits per heavy atom. The van der Waals surface area contributed by atoms with Gasteiger partial charge in [0.2, 0.25) is 5.91 Å². The van der Waals surface area contributed by atoms with Gasteiger partial charge >= 0.3 is 6.09 Å². The minimum atomic E-state index is -0.626. The molecule has 0 bridgehead atoms. The summed E-state index contributed by atoms with van der Waals surface area (Å²) in [6.07, 6.45) is 3.02. The van der Waals surface area contributed by atoms with Crippen LogP contribution >= 0.6 is 0 Å². The molecular weight excluding hydrogens is 420 g/mol. The second-order valence-electron chi connectivity index (χ2n) is 9.62. The lowest BCUT2D eigenvalue weighted by molar-refractivity contribution is -0.121. The maximum Gasteiger partial charge on any atom is 0.412 e.